The minimum absolute atomic E-state index is 0.0111. The second kappa shape index (κ2) is 19.2. The van der Waals surface area contributed by atoms with Gasteiger partial charge >= 0.3 is 89.0 Å². The van der Waals surface area contributed by atoms with Crippen molar-refractivity contribution in [3.8, 4) is 0 Å². The fourth-order valence-electron chi connectivity index (χ4n) is 3.49. The molecule has 0 saturated carbocycles. The van der Waals surface area contributed by atoms with Crippen LogP contribution in [0.5, 0.6) is 0 Å². The van der Waals surface area contributed by atoms with E-state index in [0.29, 0.717) is 23.3 Å². The zero-order valence-electron chi connectivity index (χ0n) is 22.9. The van der Waals surface area contributed by atoms with E-state index in [-0.39, 0.29) is 24.0 Å². The fraction of sp³-hybridized carbons (Fsp3) is 0.0588. The molecule has 0 saturated heterocycles. The molecule has 4 aromatic rings. The fourth-order valence-corrected chi connectivity index (χ4v) is 6.49. The van der Waals surface area contributed by atoms with Crippen molar-refractivity contribution < 1.29 is 39.6 Å². The number of benzene rings is 4. The first-order valence-electron chi connectivity index (χ1n) is 12.8. The number of carboxylic acid groups (broad SMARTS) is 4. The Morgan fingerprint density at radius 3 is 1.00 bits per heavy atom. The molecule has 0 aliphatic heterocycles. The molecule has 4 aromatic carbocycles. The van der Waals surface area contributed by atoms with Crippen LogP contribution in [0, 0.1) is 0 Å². The van der Waals surface area contributed by atoms with Gasteiger partial charge in [-0.1, -0.05) is 60.7 Å². The molecule has 0 N–H and O–H groups in total. The Bertz CT molecular complexity index is 1400. The first-order chi connectivity index (χ1) is 20.6. The molecule has 0 atom stereocenters. The quantitative estimate of drug-likeness (QED) is 0.147. The van der Waals surface area contributed by atoms with E-state index in [9.17, 15) is 39.6 Å². The van der Waals surface area contributed by atoms with Gasteiger partial charge < -0.3 is 39.6 Å². The molecule has 0 heterocycles. The summed E-state index contributed by atoms with van der Waals surface area (Å²) in [6.07, 6.45) is 1.11. The molecule has 6 radical (unpaired) electrons. The van der Waals surface area contributed by atoms with Crippen LogP contribution in [0.2, 0.25) is 0 Å². The Morgan fingerprint density at radius 2 is 0.744 bits per heavy atom. The normalized spacial score (nSPS) is 10.7. The van der Waals surface area contributed by atoms with Gasteiger partial charge in [-0.3, -0.25) is 0 Å². The zero-order chi connectivity index (χ0) is 31.5. The third-order valence-electron chi connectivity index (χ3n) is 5.42. The number of hydrogen-bond donors (Lipinski definition) is 0. The summed E-state index contributed by atoms with van der Waals surface area (Å²) in [5.74, 6) is -6.07. The van der Waals surface area contributed by atoms with Crippen molar-refractivity contribution >= 4 is 52.2 Å². The van der Waals surface area contributed by atoms with Crippen molar-refractivity contribution in [2.24, 2.45) is 0 Å². The molecule has 0 aliphatic rings. The summed E-state index contributed by atoms with van der Waals surface area (Å²) in [5, 5.41) is 41.6. The van der Waals surface area contributed by atoms with Gasteiger partial charge in [-0.25, -0.2) is 0 Å². The summed E-state index contributed by atoms with van der Waals surface area (Å²) in [4.78, 5) is 41.6. The third-order valence-corrected chi connectivity index (χ3v) is 8.97. The molecule has 0 aliphatic carbocycles. The number of carbonyl (C=O) groups excluding carboxylic acids is 4. The van der Waals surface area contributed by atoms with Gasteiger partial charge in [0, 0.05) is 0 Å². The molecule has 0 fully saturated rings. The van der Waals surface area contributed by atoms with E-state index in [0.717, 1.165) is 0 Å². The van der Waals surface area contributed by atoms with Crippen LogP contribution in [0.15, 0.2) is 145 Å². The number of carboxylic acids is 4. The predicted molar refractivity (Wildman–Crippen MR) is 154 cm³/mol. The summed E-state index contributed by atoms with van der Waals surface area (Å²) in [5.41, 5.74) is 0.797. The van der Waals surface area contributed by atoms with Gasteiger partial charge in [-0.2, -0.15) is 0 Å². The number of rotatable bonds is 10. The monoisotopic (exact) mass is 682 g/mol. The van der Waals surface area contributed by atoms with E-state index < -0.39 is 45.0 Å². The Kier molecular flexibility index (Phi) is 15.3. The Labute approximate surface area is 259 Å². The molecule has 0 amide bonds. The van der Waals surface area contributed by atoms with Crippen LogP contribution < -0.4 is 27.6 Å². The predicted octanol–water partition coefficient (Wildman–Crippen LogP) is -1.35. The van der Waals surface area contributed by atoms with E-state index >= 15 is 0 Å². The van der Waals surface area contributed by atoms with E-state index in [4.69, 9.17) is 0 Å². The van der Waals surface area contributed by atoms with Crippen LogP contribution in [0.25, 0.3) is 0 Å². The topological polar surface area (TPSA) is 161 Å². The molecule has 0 spiro atoms. The second-order valence-electron chi connectivity index (χ2n) is 8.73. The van der Waals surface area contributed by atoms with Gasteiger partial charge in [0.15, 0.2) is 0 Å². The van der Waals surface area contributed by atoms with Crippen LogP contribution in [-0.2, 0) is 32.0 Å². The van der Waals surface area contributed by atoms with Crippen LogP contribution in [0.3, 0.4) is 0 Å². The van der Waals surface area contributed by atoms with Gasteiger partial charge in [0.05, 0.1) is 23.9 Å². The molecule has 8 nitrogen and oxygen atoms in total. The van der Waals surface area contributed by atoms with E-state index in [1.54, 1.807) is 60.7 Å². The van der Waals surface area contributed by atoms with E-state index in [2.05, 4.69) is 60.7 Å². The second-order valence-corrected chi connectivity index (χ2v) is 12.7. The molecule has 9 heteroatoms. The van der Waals surface area contributed by atoms with Gasteiger partial charge in [-0.15, -0.1) is 0 Å². The molecule has 0 aromatic heterocycles. The average Bonchev–Trinajstić information content (AvgIpc) is 2.99. The third kappa shape index (κ3) is 15.0. The summed E-state index contributed by atoms with van der Waals surface area (Å²) in [6.45, 7) is 0. The van der Waals surface area contributed by atoms with Gasteiger partial charge in [0.25, 0.3) is 0 Å². The van der Waals surface area contributed by atoms with Crippen molar-refractivity contribution in [3.05, 3.63) is 156 Å². The minimum atomic E-state index is -1.54. The van der Waals surface area contributed by atoms with Crippen molar-refractivity contribution in [3.63, 3.8) is 0 Å². The average molecular weight is 681 g/mol. The molecular weight excluding hydrogens is 655 g/mol. The standard InChI is InChI=1S/2C11H10O4.2C6H5.Sn/c2*12-10(13)7-9(11(14)15)6-8-4-2-1-3-5-8;2*1-2-4-6-5-3-1;/h2*1-5,7H,6H2,(H,12,13)(H,14,15);2*1-5H;/q;;;;+4/p-4/b2*9-7-;;;. The maximum absolute atomic E-state index is 10.6. The molecule has 0 unspecified atom stereocenters. The SMILES string of the molecule is O=C([O-])/C=C(/Cc1ccccc1)C(=O)[O-].O=C([O-])/C=C(/Cc1ccccc1)C(=O)[O-].c1cc[c]([Sn+4][c]2ccccc2)cc1. The van der Waals surface area contributed by atoms with E-state index in [1.807, 2.05) is 0 Å². The molecule has 214 valence electrons. The summed E-state index contributed by atoms with van der Waals surface area (Å²) in [7, 11) is 0. The maximum atomic E-state index is 10.6. The first kappa shape index (κ1) is 34.2. The van der Waals surface area contributed by atoms with Crippen LogP contribution >= 0.6 is 0 Å². The van der Waals surface area contributed by atoms with Crippen molar-refractivity contribution in [2.75, 3.05) is 0 Å². The first-order valence-corrected chi connectivity index (χ1v) is 15.7. The van der Waals surface area contributed by atoms with Gasteiger partial charge in [-0.05, 0) is 47.3 Å². The number of aliphatic carboxylic acids is 4. The van der Waals surface area contributed by atoms with Crippen molar-refractivity contribution in [1.29, 1.82) is 0 Å². The molecule has 43 heavy (non-hydrogen) atoms. The number of carbonyl (C=O) groups is 4. The van der Waals surface area contributed by atoms with Gasteiger partial charge in [0.1, 0.15) is 0 Å². The summed E-state index contributed by atoms with van der Waals surface area (Å²) in [6, 6.07) is 38.9. The van der Waals surface area contributed by atoms with Crippen LogP contribution in [0.1, 0.15) is 11.1 Å². The molecular formula is C34H26O8Sn. The molecule has 4 rings (SSSR count). The van der Waals surface area contributed by atoms with Crippen molar-refractivity contribution in [2.45, 2.75) is 12.8 Å². The Balaban J connectivity index is 0.000000226. The van der Waals surface area contributed by atoms with Crippen LogP contribution in [0.4, 0.5) is 0 Å². The van der Waals surface area contributed by atoms with Crippen molar-refractivity contribution in [1.82, 2.24) is 0 Å². The van der Waals surface area contributed by atoms with E-state index in [1.165, 1.54) is 7.16 Å². The zero-order valence-corrected chi connectivity index (χ0v) is 25.7. The molecule has 0 bridgehead atoms. The van der Waals surface area contributed by atoms with Crippen LogP contribution in [-0.4, -0.2) is 45.0 Å². The Hall–Kier alpha value is -4.96. The number of hydrogen-bond acceptors (Lipinski definition) is 8. The Morgan fingerprint density at radius 1 is 0.465 bits per heavy atom. The van der Waals surface area contributed by atoms with Gasteiger partial charge in [0.2, 0.25) is 0 Å². The summed E-state index contributed by atoms with van der Waals surface area (Å²) >= 11 is -0.517. The summed E-state index contributed by atoms with van der Waals surface area (Å²) < 4.78 is 3.08.